The number of fused-ring (bicyclic) bond motifs is 1. The minimum absolute atomic E-state index is 0.656. The van der Waals surface area contributed by atoms with Crippen molar-refractivity contribution in [2.75, 3.05) is 5.73 Å². The van der Waals surface area contributed by atoms with Gasteiger partial charge in [0, 0.05) is 11.6 Å². The number of nitrogen functional groups attached to an aromatic ring is 1. The van der Waals surface area contributed by atoms with Crippen molar-refractivity contribution in [1.29, 1.82) is 0 Å². The van der Waals surface area contributed by atoms with Gasteiger partial charge in [-0.25, -0.2) is 4.68 Å². The van der Waals surface area contributed by atoms with Crippen LogP contribution < -0.4 is 5.73 Å². The van der Waals surface area contributed by atoms with Crippen LogP contribution in [0.15, 0.2) is 41.0 Å². The first-order valence-corrected chi connectivity index (χ1v) is 6.76. The molecule has 0 spiro atoms. The summed E-state index contributed by atoms with van der Waals surface area (Å²) in [5.74, 6) is 0.656. The van der Waals surface area contributed by atoms with Crippen molar-refractivity contribution in [2.45, 2.75) is 13.5 Å². The molecule has 2 heterocycles. The zero-order valence-electron chi connectivity index (χ0n) is 10.5. The quantitative estimate of drug-likeness (QED) is 0.790. The number of pyridine rings is 1. The van der Waals surface area contributed by atoms with E-state index in [4.69, 9.17) is 5.73 Å². The van der Waals surface area contributed by atoms with Gasteiger partial charge in [0.05, 0.1) is 22.2 Å². The lowest BCUT2D eigenvalue weighted by Gasteiger charge is -2.05. The van der Waals surface area contributed by atoms with Gasteiger partial charge in [-0.15, -0.1) is 0 Å². The standard InChI is InChI=1S/C14H13BrN4/c1-9-13(15)14(16)19(18-9)8-10-4-5-12-11(7-10)3-2-6-17-12/h2-7H,8,16H2,1H3. The summed E-state index contributed by atoms with van der Waals surface area (Å²) in [5.41, 5.74) is 9.06. The molecular weight excluding hydrogens is 304 g/mol. The first kappa shape index (κ1) is 12.2. The first-order chi connectivity index (χ1) is 9.15. The molecule has 0 radical (unpaired) electrons. The Hall–Kier alpha value is -1.88. The molecule has 0 aliphatic carbocycles. The molecule has 19 heavy (non-hydrogen) atoms. The van der Waals surface area contributed by atoms with Crippen LogP contribution in [0.2, 0.25) is 0 Å². The van der Waals surface area contributed by atoms with Crippen molar-refractivity contribution in [3.05, 3.63) is 52.3 Å². The van der Waals surface area contributed by atoms with E-state index in [0.29, 0.717) is 12.4 Å². The van der Waals surface area contributed by atoms with Crippen molar-refractivity contribution in [2.24, 2.45) is 0 Å². The van der Waals surface area contributed by atoms with Crippen LogP contribution in [0.4, 0.5) is 5.82 Å². The number of nitrogens with two attached hydrogens (primary N) is 1. The highest BCUT2D eigenvalue weighted by Crippen LogP contribution is 2.24. The lowest BCUT2D eigenvalue weighted by atomic mass is 10.1. The lowest BCUT2D eigenvalue weighted by Crippen LogP contribution is -2.06. The Morgan fingerprint density at radius 2 is 2.16 bits per heavy atom. The van der Waals surface area contributed by atoms with Gasteiger partial charge in [0.25, 0.3) is 0 Å². The van der Waals surface area contributed by atoms with Crippen molar-refractivity contribution in [1.82, 2.24) is 14.8 Å². The predicted molar refractivity (Wildman–Crippen MR) is 79.9 cm³/mol. The Morgan fingerprint density at radius 3 is 2.89 bits per heavy atom. The van der Waals surface area contributed by atoms with E-state index in [-0.39, 0.29) is 0 Å². The molecule has 4 nitrogen and oxygen atoms in total. The highest BCUT2D eigenvalue weighted by molar-refractivity contribution is 9.10. The Morgan fingerprint density at radius 1 is 1.32 bits per heavy atom. The highest BCUT2D eigenvalue weighted by atomic mass is 79.9. The van der Waals surface area contributed by atoms with E-state index in [9.17, 15) is 0 Å². The average molecular weight is 317 g/mol. The average Bonchev–Trinajstić information content (AvgIpc) is 2.66. The van der Waals surface area contributed by atoms with Gasteiger partial charge in [0.2, 0.25) is 0 Å². The second kappa shape index (κ2) is 4.66. The predicted octanol–water partition coefficient (Wildman–Crippen LogP) is 3.13. The van der Waals surface area contributed by atoms with Gasteiger partial charge in [0.15, 0.2) is 0 Å². The monoisotopic (exact) mass is 316 g/mol. The number of aromatic nitrogens is 3. The van der Waals surface area contributed by atoms with Gasteiger partial charge in [-0.1, -0.05) is 12.1 Å². The van der Waals surface area contributed by atoms with Gasteiger partial charge in [-0.05, 0) is 46.6 Å². The molecule has 0 atom stereocenters. The fourth-order valence-electron chi connectivity index (χ4n) is 2.09. The molecule has 2 aromatic heterocycles. The van der Waals surface area contributed by atoms with Crippen molar-refractivity contribution >= 4 is 32.7 Å². The fourth-order valence-corrected chi connectivity index (χ4v) is 2.38. The largest absolute Gasteiger partial charge is 0.383 e. The molecule has 3 aromatic rings. The van der Waals surface area contributed by atoms with Crippen molar-refractivity contribution in [3.8, 4) is 0 Å². The number of nitrogens with zero attached hydrogens (tertiary/aromatic N) is 3. The molecule has 0 saturated heterocycles. The van der Waals surface area contributed by atoms with Gasteiger partial charge < -0.3 is 5.73 Å². The molecular formula is C14H13BrN4. The Bertz CT molecular complexity index is 748. The molecule has 0 aliphatic rings. The van der Waals surface area contributed by atoms with Crippen LogP contribution in [0.5, 0.6) is 0 Å². The van der Waals surface area contributed by atoms with Crippen LogP contribution >= 0.6 is 15.9 Å². The second-order valence-electron chi connectivity index (χ2n) is 4.47. The van der Waals surface area contributed by atoms with Crippen LogP contribution in [0, 0.1) is 6.92 Å². The maximum Gasteiger partial charge on any atom is 0.136 e. The van der Waals surface area contributed by atoms with E-state index in [0.717, 1.165) is 26.6 Å². The summed E-state index contributed by atoms with van der Waals surface area (Å²) in [6.07, 6.45) is 1.80. The molecule has 1 aromatic carbocycles. The molecule has 96 valence electrons. The number of hydrogen-bond donors (Lipinski definition) is 1. The van der Waals surface area contributed by atoms with E-state index in [1.54, 1.807) is 10.9 Å². The topological polar surface area (TPSA) is 56.7 Å². The van der Waals surface area contributed by atoms with Gasteiger partial charge in [0.1, 0.15) is 5.82 Å². The summed E-state index contributed by atoms with van der Waals surface area (Å²) in [6.45, 7) is 2.59. The van der Waals surface area contributed by atoms with E-state index >= 15 is 0 Å². The molecule has 0 amide bonds. The van der Waals surface area contributed by atoms with Crippen LogP contribution in [0.3, 0.4) is 0 Å². The fraction of sp³-hybridized carbons (Fsp3) is 0.143. The smallest absolute Gasteiger partial charge is 0.136 e. The van der Waals surface area contributed by atoms with Crippen LogP contribution in [-0.4, -0.2) is 14.8 Å². The van der Waals surface area contributed by atoms with E-state index in [2.05, 4.69) is 44.2 Å². The van der Waals surface area contributed by atoms with E-state index in [1.807, 2.05) is 19.1 Å². The minimum Gasteiger partial charge on any atom is -0.383 e. The summed E-state index contributed by atoms with van der Waals surface area (Å²) in [4.78, 5) is 4.31. The summed E-state index contributed by atoms with van der Waals surface area (Å²) in [6, 6.07) is 10.2. The van der Waals surface area contributed by atoms with E-state index in [1.165, 1.54) is 0 Å². The summed E-state index contributed by atoms with van der Waals surface area (Å²) in [7, 11) is 0. The molecule has 3 rings (SSSR count). The zero-order chi connectivity index (χ0) is 13.4. The maximum absolute atomic E-state index is 6.01. The number of benzene rings is 1. The molecule has 0 fully saturated rings. The Balaban J connectivity index is 1.98. The molecule has 2 N–H and O–H groups in total. The third-order valence-electron chi connectivity index (χ3n) is 3.09. The first-order valence-electron chi connectivity index (χ1n) is 5.97. The number of halogens is 1. The Kier molecular flexibility index (Phi) is 2.98. The second-order valence-corrected chi connectivity index (χ2v) is 5.27. The number of aryl methyl sites for hydroxylation is 1. The summed E-state index contributed by atoms with van der Waals surface area (Å²) < 4.78 is 2.67. The molecule has 5 heteroatoms. The number of hydrogen-bond acceptors (Lipinski definition) is 3. The Labute approximate surface area is 119 Å². The van der Waals surface area contributed by atoms with Crippen LogP contribution in [0.1, 0.15) is 11.3 Å². The molecule has 0 saturated carbocycles. The highest BCUT2D eigenvalue weighted by Gasteiger charge is 2.09. The van der Waals surface area contributed by atoms with Gasteiger partial charge in [-0.3, -0.25) is 4.98 Å². The third-order valence-corrected chi connectivity index (χ3v) is 4.07. The van der Waals surface area contributed by atoms with Gasteiger partial charge >= 0.3 is 0 Å². The maximum atomic E-state index is 6.01. The van der Waals surface area contributed by atoms with Crippen LogP contribution in [-0.2, 0) is 6.54 Å². The SMILES string of the molecule is Cc1nn(Cc2ccc3ncccc3c2)c(N)c1Br. The molecule has 0 unspecified atom stereocenters. The normalized spacial score (nSPS) is 11.1. The third kappa shape index (κ3) is 2.21. The summed E-state index contributed by atoms with van der Waals surface area (Å²) >= 11 is 3.43. The lowest BCUT2D eigenvalue weighted by molar-refractivity contribution is 0.690. The van der Waals surface area contributed by atoms with Crippen molar-refractivity contribution < 1.29 is 0 Å². The zero-order valence-corrected chi connectivity index (χ0v) is 12.1. The van der Waals surface area contributed by atoms with E-state index < -0.39 is 0 Å². The summed E-state index contributed by atoms with van der Waals surface area (Å²) in [5, 5.41) is 5.54. The number of rotatable bonds is 2. The van der Waals surface area contributed by atoms with Crippen molar-refractivity contribution in [3.63, 3.8) is 0 Å². The molecule has 0 aliphatic heterocycles. The minimum atomic E-state index is 0.656. The van der Waals surface area contributed by atoms with Gasteiger partial charge in [-0.2, -0.15) is 5.10 Å². The molecule has 0 bridgehead atoms. The van der Waals surface area contributed by atoms with Crippen LogP contribution in [0.25, 0.3) is 10.9 Å². The number of anilines is 1.